The molecule has 2 rings (SSSR count). The first-order chi connectivity index (χ1) is 7.34. The van der Waals surface area contributed by atoms with Crippen LogP contribution < -0.4 is 10.8 Å². The zero-order valence-corrected chi connectivity index (χ0v) is 9.13. The van der Waals surface area contributed by atoms with E-state index in [-0.39, 0.29) is 5.91 Å². The minimum Gasteiger partial charge on any atom is -0.353 e. The molecule has 0 bridgehead atoms. The largest absolute Gasteiger partial charge is 0.353 e. The Kier molecular flexibility index (Phi) is 3.97. The van der Waals surface area contributed by atoms with E-state index in [0.717, 1.165) is 25.7 Å². The second-order valence-corrected chi connectivity index (χ2v) is 4.51. The van der Waals surface area contributed by atoms with Crippen molar-refractivity contribution in [3.8, 4) is 0 Å². The maximum absolute atomic E-state index is 11.3. The molecule has 86 valence electrons. The molecule has 2 fully saturated rings. The van der Waals surface area contributed by atoms with Gasteiger partial charge in [0.25, 0.3) is 0 Å². The predicted octanol–water partition coefficient (Wildman–Crippen LogP) is 1.12. The van der Waals surface area contributed by atoms with Gasteiger partial charge in [-0.05, 0) is 25.7 Å². The summed E-state index contributed by atoms with van der Waals surface area (Å²) < 4.78 is 0. The Morgan fingerprint density at radius 2 is 1.93 bits per heavy atom. The van der Waals surface area contributed by atoms with Gasteiger partial charge in [0.2, 0.25) is 5.91 Å². The van der Waals surface area contributed by atoms with Crippen molar-refractivity contribution in [1.82, 2.24) is 10.8 Å². The van der Waals surface area contributed by atoms with Gasteiger partial charge in [0.05, 0.1) is 6.10 Å². The number of hydrogen-bond acceptors (Lipinski definition) is 3. The second kappa shape index (κ2) is 5.47. The van der Waals surface area contributed by atoms with E-state index < -0.39 is 0 Å². The Hall–Kier alpha value is -0.610. The van der Waals surface area contributed by atoms with E-state index in [0.29, 0.717) is 25.1 Å². The monoisotopic (exact) mass is 212 g/mol. The molecule has 0 unspecified atom stereocenters. The molecule has 0 radical (unpaired) electrons. The number of carbonyl (C=O) groups is 1. The first-order valence-electron chi connectivity index (χ1n) is 6.02. The van der Waals surface area contributed by atoms with Crippen LogP contribution in [-0.4, -0.2) is 24.6 Å². The molecular weight excluding hydrogens is 192 g/mol. The van der Waals surface area contributed by atoms with Crippen LogP contribution in [0.3, 0.4) is 0 Å². The van der Waals surface area contributed by atoms with E-state index in [2.05, 4.69) is 10.8 Å². The highest BCUT2D eigenvalue weighted by Crippen LogP contribution is 2.20. The van der Waals surface area contributed by atoms with Gasteiger partial charge < -0.3 is 5.32 Å². The lowest BCUT2D eigenvalue weighted by atomic mass is 10.3. The van der Waals surface area contributed by atoms with Gasteiger partial charge in [-0.2, -0.15) is 0 Å². The zero-order valence-electron chi connectivity index (χ0n) is 9.13. The molecule has 2 aliphatic rings. The number of carbonyl (C=O) groups excluding carboxylic acids is 1. The Morgan fingerprint density at radius 3 is 2.60 bits per heavy atom. The first kappa shape index (κ1) is 10.9. The third kappa shape index (κ3) is 4.18. The average molecular weight is 212 g/mol. The minimum atomic E-state index is 0.139. The summed E-state index contributed by atoms with van der Waals surface area (Å²) in [5, 5.41) is 2.95. The van der Waals surface area contributed by atoms with Crippen molar-refractivity contribution in [2.24, 2.45) is 0 Å². The Morgan fingerprint density at radius 1 is 1.20 bits per heavy atom. The van der Waals surface area contributed by atoms with Crippen LogP contribution in [0.1, 0.15) is 44.9 Å². The number of rotatable bonds is 6. The Labute approximate surface area is 90.7 Å². The normalized spacial score (nSPS) is 21.9. The van der Waals surface area contributed by atoms with Crippen molar-refractivity contribution in [3.05, 3.63) is 0 Å². The van der Waals surface area contributed by atoms with Crippen molar-refractivity contribution < 1.29 is 9.63 Å². The molecule has 2 aliphatic carbocycles. The average Bonchev–Trinajstić information content (AvgIpc) is 2.87. The van der Waals surface area contributed by atoms with Gasteiger partial charge in [0, 0.05) is 19.0 Å². The Bertz CT molecular complexity index is 211. The molecule has 1 amide bonds. The fraction of sp³-hybridized carbons (Fsp3) is 0.909. The highest BCUT2D eigenvalue weighted by Gasteiger charge is 2.22. The summed E-state index contributed by atoms with van der Waals surface area (Å²) in [4.78, 5) is 16.7. The SMILES string of the molecule is O=C(CCNOC1CCCC1)NC1CC1. The molecular formula is C11H20N2O2. The van der Waals surface area contributed by atoms with Crippen molar-refractivity contribution in [2.45, 2.75) is 57.1 Å². The number of amides is 1. The van der Waals surface area contributed by atoms with Gasteiger partial charge in [0.15, 0.2) is 0 Å². The van der Waals surface area contributed by atoms with Gasteiger partial charge >= 0.3 is 0 Å². The van der Waals surface area contributed by atoms with Crippen molar-refractivity contribution in [3.63, 3.8) is 0 Å². The molecule has 0 heterocycles. The molecule has 15 heavy (non-hydrogen) atoms. The molecule has 0 atom stereocenters. The Balaban J connectivity index is 1.44. The van der Waals surface area contributed by atoms with E-state index >= 15 is 0 Å². The molecule has 0 aromatic rings. The van der Waals surface area contributed by atoms with Crippen LogP contribution in [0.5, 0.6) is 0 Å². The van der Waals surface area contributed by atoms with Crippen LogP contribution in [0.25, 0.3) is 0 Å². The van der Waals surface area contributed by atoms with E-state index in [1.807, 2.05) is 0 Å². The standard InChI is InChI=1S/C11H20N2O2/c14-11(13-9-5-6-9)7-8-12-15-10-3-1-2-4-10/h9-10,12H,1-8H2,(H,13,14). The van der Waals surface area contributed by atoms with Crippen LogP contribution >= 0.6 is 0 Å². The second-order valence-electron chi connectivity index (χ2n) is 4.51. The van der Waals surface area contributed by atoms with Gasteiger partial charge in [-0.1, -0.05) is 12.8 Å². The van der Waals surface area contributed by atoms with E-state index in [4.69, 9.17) is 4.84 Å². The van der Waals surface area contributed by atoms with Crippen LogP contribution in [0, 0.1) is 0 Å². The molecule has 0 aliphatic heterocycles. The molecule has 2 N–H and O–H groups in total. The van der Waals surface area contributed by atoms with Gasteiger partial charge in [-0.3, -0.25) is 9.63 Å². The highest BCUT2D eigenvalue weighted by atomic mass is 16.7. The lowest BCUT2D eigenvalue weighted by molar-refractivity contribution is -0.122. The van der Waals surface area contributed by atoms with Gasteiger partial charge in [-0.25, -0.2) is 5.48 Å². The topological polar surface area (TPSA) is 50.4 Å². The molecule has 4 heteroatoms. The molecule has 0 saturated heterocycles. The van der Waals surface area contributed by atoms with Crippen molar-refractivity contribution >= 4 is 5.91 Å². The van der Waals surface area contributed by atoms with Crippen molar-refractivity contribution in [1.29, 1.82) is 0 Å². The maximum Gasteiger partial charge on any atom is 0.221 e. The van der Waals surface area contributed by atoms with E-state index in [1.54, 1.807) is 0 Å². The molecule has 4 nitrogen and oxygen atoms in total. The summed E-state index contributed by atoms with van der Waals surface area (Å²) in [6, 6.07) is 0.466. The molecule has 0 spiro atoms. The van der Waals surface area contributed by atoms with Crippen LogP contribution in [0.15, 0.2) is 0 Å². The molecule has 2 saturated carbocycles. The molecule has 0 aromatic heterocycles. The fourth-order valence-electron chi connectivity index (χ4n) is 1.88. The summed E-state index contributed by atoms with van der Waals surface area (Å²) >= 11 is 0. The summed E-state index contributed by atoms with van der Waals surface area (Å²) in [5.74, 6) is 0.139. The van der Waals surface area contributed by atoms with E-state index in [1.165, 1.54) is 12.8 Å². The van der Waals surface area contributed by atoms with Gasteiger partial charge in [0.1, 0.15) is 0 Å². The lowest BCUT2D eigenvalue weighted by Gasteiger charge is -2.11. The zero-order chi connectivity index (χ0) is 10.5. The maximum atomic E-state index is 11.3. The minimum absolute atomic E-state index is 0.139. The highest BCUT2D eigenvalue weighted by molar-refractivity contribution is 5.76. The third-order valence-corrected chi connectivity index (χ3v) is 2.95. The third-order valence-electron chi connectivity index (χ3n) is 2.95. The summed E-state index contributed by atoms with van der Waals surface area (Å²) in [6.07, 6.45) is 8.04. The van der Waals surface area contributed by atoms with E-state index in [9.17, 15) is 4.79 Å². The number of hydrogen-bond donors (Lipinski definition) is 2. The smallest absolute Gasteiger partial charge is 0.221 e. The summed E-state index contributed by atoms with van der Waals surface area (Å²) in [7, 11) is 0. The van der Waals surface area contributed by atoms with Crippen molar-refractivity contribution in [2.75, 3.05) is 6.54 Å². The van der Waals surface area contributed by atoms with Crippen LogP contribution in [0.2, 0.25) is 0 Å². The lowest BCUT2D eigenvalue weighted by Crippen LogP contribution is -2.30. The number of hydroxylamine groups is 1. The summed E-state index contributed by atoms with van der Waals surface area (Å²) in [6.45, 7) is 0.620. The quantitative estimate of drug-likeness (QED) is 0.512. The fourth-order valence-corrected chi connectivity index (χ4v) is 1.88. The first-order valence-corrected chi connectivity index (χ1v) is 6.02. The predicted molar refractivity (Wildman–Crippen MR) is 57.1 cm³/mol. The number of nitrogens with one attached hydrogen (secondary N) is 2. The van der Waals surface area contributed by atoms with Crippen LogP contribution in [0.4, 0.5) is 0 Å². The molecule has 0 aromatic carbocycles. The van der Waals surface area contributed by atoms with Crippen LogP contribution in [-0.2, 0) is 9.63 Å². The van der Waals surface area contributed by atoms with Gasteiger partial charge in [-0.15, -0.1) is 0 Å². The summed E-state index contributed by atoms with van der Waals surface area (Å²) in [5.41, 5.74) is 2.89.